The van der Waals surface area contributed by atoms with Gasteiger partial charge in [0.05, 0.1) is 5.41 Å². The Kier molecular flexibility index (Phi) is 4.41. The lowest BCUT2D eigenvalue weighted by atomic mass is 9.81. The monoisotopic (exact) mass is 304 g/mol. The summed E-state index contributed by atoms with van der Waals surface area (Å²) in [5.41, 5.74) is -0.790. The average Bonchev–Trinajstić information content (AvgIpc) is 2.39. The van der Waals surface area contributed by atoms with E-state index in [1.807, 2.05) is 0 Å². The molecule has 1 atom stereocenters. The van der Waals surface area contributed by atoms with Crippen LogP contribution in [0.25, 0.3) is 0 Å². The number of piperidine rings is 2. The van der Waals surface area contributed by atoms with Crippen molar-refractivity contribution >= 4 is 16.2 Å². The van der Waals surface area contributed by atoms with Crippen LogP contribution in [0.2, 0.25) is 0 Å². The molecule has 2 aliphatic rings. The molecule has 0 aromatic rings. The second kappa shape index (κ2) is 5.61. The van der Waals surface area contributed by atoms with Crippen LogP contribution in [0.1, 0.15) is 39.5 Å². The quantitative estimate of drug-likeness (QED) is 0.848. The molecule has 0 saturated carbocycles. The van der Waals surface area contributed by atoms with Gasteiger partial charge in [0.2, 0.25) is 0 Å². The third-order valence-corrected chi connectivity index (χ3v) is 6.62. The molecule has 6 nitrogen and oxygen atoms in total. The van der Waals surface area contributed by atoms with Crippen molar-refractivity contribution in [2.75, 3.05) is 26.2 Å². The van der Waals surface area contributed by atoms with E-state index in [0.717, 1.165) is 12.8 Å². The molecule has 1 unspecified atom stereocenters. The molecule has 0 spiro atoms. The predicted molar refractivity (Wildman–Crippen MR) is 75.4 cm³/mol. The van der Waals surface area contributed by atoms with Gasteiger partial charge in [0.25, 0.3) is 10.2 Å². The summed E-state index contributed by atoms with van der Waals surface area (Å²) in [5.74, 6) is -0.436. The molecule has 2 aliphatic heterocycles. The van der Waals surface area contributed by atoms with Crippen molar-refractivity contribution < 1.29 is 18.3 Å². The van der Waals surface area contributed by atoms with Gasteiger partial charge in [0.15, 0.2) is 0 Å². The van der Waals surface area contributed by atoms with Gasteiger partial charge in [-0.25, -0.2) is 0 Å². The summed E-state index contributed by atoms with van der Waals surface area (Å²) in [6, 6.07) is 0. The molecule has 2 rings (SSSR count). The van der Waals surface area contributed by atoms with Gasteiger partial charge in [-0.3, -0.25) is 4.79 Å². The minimum Gasteiger partial charge on any atom is -0.481 e. The van der Waals surface area contributed by atoms with Gasteiger partial charge in [0.1, 0.15) is 0 Å². The molecule has 0 aliphatic carbocycles. The van der Waals surface area contributed by atoms with E-state index in [4.69, 9.17) is 0 Å². The summed E-state index contributed by atoms with van der Waals surface area (Å²) < 4.78 is 28.2. The molecular formula is C13H24N2O4S. The number of carboxylic acids is 1. The minimum absolute atomic E-state index is 0.302. The SMILES string of the molecule is CC1CCCN(S(=O)(=O)N2CCC(C)(C(=O)O)CC2)C1. The standard InChI is InChI=1S/C13H24N2O4S/c1-11-4-3-7-15(10-11)20(18,19)14-8-5-13(2,6-9-14)12(16)17/h11H,3-10H2,1-2H3,(H,16,17). The van der Waals surface area contributed by atoms with Gasteiger partial charge < -0.3 is 5.11 Å². The lowest BCUT2D eigenvalue weighted by Crippen LogP contribution is -2.52. The van der Waals surface area contributed by atoms with Crippen molar-refractivity contribution in [1.29, 1.82) is 0 Å². The third kappa shape index (κ3) is 2.99. The number of carboxylic acid groups (broad SMARTS) is 1. The molecular weight excluding hydrogens is 280 g/mol. The van der Waals surface area contributed by atoms with Crippen molar-refractivity contribution in [3.8, 4) is 0 Å². The Morgan fingerprint density at radius 2 is 1.80 bits per heavy atom. The smallest absolute Gasteiger partial charge is 0.309 e. The summed E-state index contributed by atoms with van der Waals surface area (Å²) in [7, 11) is -3.42. The van der Waals surface area contributed by atoms with Gasteiger partial charge in [-0.15, -0.1) is 0 Å². The summed E-state index contributed by atoms with van der Waals surface area (Å²) >= 11 is 0. The van der Waals surface area contributed by atoms with Crippen LogP contribution in [0.15, 0.2) is 0 Å². The van der Waals surface area contributed by atoms with Crippen molar-refractivity contribution in [2.45, 2.75) is 39.5 Å². The first-order chi connectivity index (χ1) is 9.25. The lowest BCUT2D eigenvalue weighted by Gasteiger charge is -2.39. The summed E-state index contributed by atoms with van der Waals surface area (Å²) in [4.78, 5) is 11.2. The van der Waals surface area contributed by atoms with Gasteiger partial charge in [-0.1, -0.05) is 6.92 Å². The molecule has 2 heterocycles. The number of rotatable bonds is 3. The molecule has 0 aromatic heterocycles. The number of nitrogens with zero attached hydrogens (tertiary/aromatic N) is 2. The highest BCUT2D eigenvalue weighted by Gasteiger charge is 2.42. The Morgan fingerprint density at radius 1 is 1.20 bits per heavy atom. The molecule has 0 aromatic carbocycles. The Balaban J connectivity index is 2.03. The number of hydrogen-bond acceptors (Lipinski definition) is 3. The molecule has 20 heavy (non-hydrogen) atoms. The fraction of sp³-hybridized carbons (Fsp3) is 0.923. The normalized spacial score (nSPS) is 29.2. The van der Waals surface area contributed by atoms with Crippen LogP contribution in [0.4, 0.5) is 0 Å². The van der Waals surface area contributed by atoms with E-state index in [1.54, 1.807) is 11.2 Å². The predicted octanol–water partition coefficient (Wildman–Crippen LogP) is 1.15. The first-order valence-electron chi connectivity index (χ1n) is 7.24. The molecule has 2 saturated heterocycles. The van der Waals surface area contributed by atoms with Crippen LogP contribution in [0.5, 0.6) is 0 Å². The lowest BCUT2D eigenvalue weighted by molar-refractivity contribution is -0.150. The van der Waals surface area contributed by atoms with E-state index < -0.39 is 21.6 Å². The Bertz CT molecular complexity index is 469. The zero-order valence-corrected chi connectivity index (χ0v) is 13.0. The molecule has 0 radical (unpaired) electrons. The second-order valence-electron chi connectivity index (χ2n) is 6.38. The highest BCUT2D eigenvalue weighted by Crippen LogP contribution is 2.33. The van der Waals surface area contributed by atoms with Crippen LogP contribution in [0, 0.1) is 11.3 Å². The van der Waals surface area contributed by atoms with Crippen molar-refractivity contribution in [2.24, 2.45) is 11.3 Å². The van der Waals surface area contributed by atoms with Crippen LogP contribution < -0.4 is 0 Å². The van der Waals surface area contributed by atoms with E-state index in [2.05, 4.69) is 6.92 Å². The van der Waals surface area contributed by atoms with Gasteiger partial charge in [-0.2, -0.15) is 17.0 Å². The maximum atomic E-state index is 12.6. The van der Waals surface area contributed by atoms with Crippen LogP contribution in [-0.4, -0.2) is 54.3 Å². The molecule has 7 heteroatoms. The third-order valence-electron chi connectivity index (χ3n) is 4.61. The van der Waals surface area contributed by atoms with E-state index >= 15 is 0 Å². The minimum atomic E-state index is -3.42. The van der Waals surface area contributed by atoms with Crippen LogP contribution in [-0.2, 0) is 15.0 Å². The van der Waals surface area contributed by atoms with E-state index in [1.165, 1.54) is 4.31 Å². The summed E-state index contributed by atoms with van der Waals surface area (Å²) in [6.07, 6.45) is 2.74. The van der Waals surface area contributed by atoms with Gasteiger partial charge >= 0.3 is 5.97 Å². The molecule has 2 fully saturated rings. The number of aliphatic carboxylic acids is 1. The zero-order chi connectivity index (χ0) is 15.0. The average molecular weight is 304 g/mol. The second-order valence-corrected chi connectivity index (χ2v) is 8.31. The first kappa shape index (κ1) is 15.7. The zero-order valence-electron chi connectivity index (χ0n) is 12.2. The maximum Gasteiger partial charge on any atom is 0.309 e. The van der Waals surface area contributed by atoms with Gasteiger partial charge in [0, 0.05) is 26.2 Å². The largest absolute Gasteiger partial charge is 0.481 e. The fourth-order valence-electron chi connectivity index (χ4n) is 2.94. The van der Waals surface area contributed by atoms with E-state index in [0.29, 0.717) is 44.9 Å². The molecule has 0 amide bonds. The highest BCUT2D eigenvalue weighted by atomic mass is 32.2. The first-order valence-corrected chi connectivity index (χ1v) is 8.64. The Labute approximate surface area is 120 Å². The van der Waals surface area contributed by atoms with E-state index in [9.17, 15) is 18.3 Å². The Morgan fingerprint density at radius 3 is 2.30 bits per heavy atom. The molecule has 1 N–H and O–H groups in total. The maximum absolute atomic E-state index is 12.6. The topological polar surface area (TPSA) is 77.9 Å². The van der Waals surface area contributed by atoms with E-state index in [-0.39, 0.29) is 0 Å². The number of hydrogen-bond donors (Lipinski definition) is 1. The summed E-state index contributed by atoms with van der Waals surface area (Å²) in [5, 5.41) is 9.19. The van der Waals surface area contributed by atoms with Crippen LogP contribution in [0.3, 0.4) is 0 Å². The van der Waals surface area contributed by atoms with Crippen molar-refractivity contribution in [1.82, 2.24) is 8.61 Å². The van der Waals surface area contributed by atoms with Crippen molar-refractivity contribution in [3.05, 3.63) is 0 Å². The molecule has 0 bridgehead atoms. The van der Waals surface area contributed by atoms with Gasteiger partial charge in [-0.05, 0) is 38.5 Å². The van der Waals surface area contributed by atoms with Crippen LogP contribution >= 0.6 is 0 Å². The molecule has 116 valence electrons. The fourth-order valence-corrected chi connectivity index (χ4v) is 4.72. The van der Waals surface area contributed by atoms with Crippen molar-refractivity contribution in [3.63, 3.8) is 0 Å². The highest BCUT2D eigenvalue weighted by molar-refractivity contribution is 7.86. The number of carbonyl (C=O) groups is 1. The summed E-state index contributed by atoms with van der Waals surface area (Å²) in [6.45, 7) is 5.53. The Hall–Kier alpha value is -0.660.